The molecule has 100 valence electrons. The minimum Gasteiger partial charge on any atom is -0.495 e. The summed E-state index contributed by atoms with van der Waals surface area (Å²) >= 11 is 0. The lowest BCUT2D eigenvalue weighted by molar-refractivity contribution is 0.416. The quantitative estimate of drug-likeness (QED) is 0.837. The van der Waals surface area contributed by atoms with Gasteiger partial charge in [-0.1, -0.05) is 13.3 Å². The SMILES string of the molecule is CCCC1CCN(c2cc(OC)c(N)cc2F)C1. The van der Waals surface area contributed by atoms with Crippen molar-refractivity contribution >= 4 is 11.4 Å². The maximum Gasteiger partial charge on any atom is 0.148 e. The van der Waals surface area contributed by atoms with Crippen LogP contribution < -0.4 is 15.4 Å². The van der Waals surface area contributed by atoms with Crippen molar-refractivity contribution in [1.82, 2.24) is 0 Å². The molecular weight excluding hydrogens is 231 g/mol. The fourth-order valence-corrected chi connectivity index (χ4v) is 2.67. The Bertz CT molecular complexity index is 423. The molecule has 2 rings (SSSR count). The zero-order chi connectivity index (χ0) is 13.1. The van der Waals surface area contributed by atoms with E-state index in [1.54, 1.807) is 13.2 Å². The van der Waals surface area contributed by atoms with E-state index in [9.17, 15) is 4.39 Å². The van der Waals surface area contributed by atoms with Gasteiger partial charge in [0.15, 0.2) is 0 Å². The van der Waals surface area contributed by atoms with Crippen LogP contribution in [-0.2, 0) is 0 Å². The van der Waals surface area contributed by atoms with E-state index in [0.29, 0.717) is 23.0 Å². The molecule has 4 heteroatoms. The van der Waals surface area contributed by atoms with E-state index in [1.807, 2.05) is 0 Å². The van der Waals surface area contributed by atoms with Crippen LogP contribution in [0, 0.1) is 11.7 Å². The van der Waals surface area contributed by atoms with E-state index in [1.165, 1.54) is 18.9 Å². The second-order valence-electron chi connectivity index (χ2n) is 4.93. The summed E-state index contributed by atoms with van der Waals surface area (Å²) in [5.74, 6) is 0.966. The first-order valence-electron chi connectivity index (χ1n) is 6.53. The third kappa shape index (κ3) is 2.52. The maximum atomic E-state index is 14.0. The Kier molecular flexibility index (Phi) is 3.94. The number of rotatable bonds is 4. The lowest BCUT2D eigenvalue weighted by atomic mass is 10.0. The molecule has 18 heavy (non-hydrogen) atoms. The summed E-state index contributed by atoms with van der Waals surface area (Å²) in [6, 6.07) is 3.06. The second kappa shape index (κ2) is 5.46. The number of anilines is 2. The summed E-state index contributed by atoms with van der Waals surface area (Å²) in [6.45, 7) is 4.03. The fraction of sp³-hybridized carbons (Fsp3) is 0.571. The van der Waals surface area contributed by atoms with E-state index >= 15 is 0 Å². The minimum absolute atomic E-state index is 0.259. The molecule has 1 aromatic carbocycles. The molecule has 0 aliphatic carbocycles. The van der Waals surface area contributed by atoms with Gasteiger partial charge in [-0.3, -0.25) is 0 Å². The first-order chi connectivity index (χ1) is 8.65. The van der Waals surface area contributed by atoms with Gasteiger partial charge in [-0.2, -0.15) is 0 Å². The van der Waals surface area contributed by atoms with E-state index in [4.69, 9.17) is 10.5 Å². The highest BCUT2D eigenvalue weighted by atomic mass is 19.1. The van der Waals surface area contributed by atoms with Crippen LogP contribution in [0.1, 0.15) is 26.2 Å². The Labute approximate surface area is 108 Å². The van der Waals surface area contributed by atoms with Gasteiger partial charge in [-0.05, 0) is 18.8 Å². The van der Waals surface area contributed by atoms with Crippen LogP contribution in [0.25, 0.3) is 0 Å². The molecule has 2 N–H and O–H groups in total. The van der Waals surface area contributed by atoms with Crippen LogP contribution in [0.5, 0.6) is 5.75 Å². The average molecular weight is 252 g/mol. The molecule has 0 spiro atoms. The number of nitrogen functional groups attached to an aromatic ring is 1. The van der Waals surface area contributed by atoms with Gasteiger partial charge in [0.1, 0.15) is 11.6 Å². The summed E-state index contributed by atoms with van der Waals surface area (Å²) in [5, 5.41) is 0. The Morgan fingerprint density at radius 1 is 1.50 bits per heavy atom. The van der Waals surface area contributed by atoms with Crippen LogP contribution in [0.2, 0.25) is 0 Å². The van der Waals surface area contributed by atoms with Gasteiger partial charge in [0.2, 0.25) is 0 Å². The van der Waals surface area contributed by atoms with Gasteiger partial charge in [0, 0.05) is 25.2 Å². The van der Waals surface area contributed by atoms with Crippen molar-refractivity contribution in [3.63, 3.8) is 0 Å². The third-order valence-electron chi connectivity index (χ3n) is 3.62. The molecule has 1 unspecified atom stereocenters. The standard InChI is InChI=1S/C14H21FN2O/c1-3-4-10-5-6-17(9-10)13-8-14(18-2)12(16)7-11(13)15/h7-8,10H,3-6,9,16H2,1-2H3. The van der Waals surface area contributed by atoms with Gasteiger partial charge in [0.05, 0.1) is 18.5 Å². The molecule has 1 heterocycles. The maximum absolute atomic E-state index is 14.0. The van der Waals surface area contributed by atoms with Crippen LogP contribution in [0.3, 0.4) is 0 Å². The number of hydrogen-bond donors (Lipinski definition) is 1. The molecule has 3 nitrogen and oxygen atoms in total. The molecule has 0 amide bonds. The largest absolute Gasteiger partial charge is 0.495 e. The number of ether oxygens (including phenoxy) is 1. The monoisotopic (exact) mass is 252 g/mol. The minimum atomic E-state index is -0.259. The number of methoxy groups -OCH3 is 1. The van der Waals surface area contributed by atoms with E-state index in [0.717, 1.165) is 19.5 Å². The van der Waals surface area contributed by atoms with Crippen LogP contribution in [-0.4, -0.2) is 20.2 Å². The van der Waals surface area contributed by atoms with Gasteiger partial charge < -0.3 is 15.4 Å². The summed E-state index contributed by atoms with van der Waals surface area (Å²) in [4.78, 5) is 2.09. The smallest absolute Gasteiger partial charge is 0.148 e. The molecule has 1 aliphatic heterocycles. The number of benzene rings is 1. The summed E-state index contributed by atoms with van der Waals surface area (Å²) in [7, 11) is 1.55. The summed E-state index contributed by atoms with van der Waals surface area (Å²) in [6.07, 6.45) is 3.54. The normalized spacial score (nSPS) is 19.3. The number of nitrogens with zero attached hydrogens (tertiary/aromatic N) is 1. The zero-order valence-corrected chi connectivity index (χ0v) is 11.1. The number of hydrogen-bond acceptors (Lipinski definition) is 3. The molecule has 0 saturated carbocycles. The molecule has 1 fully saturated rings. The van der Waals surface area contributed by atoms with Gasteiger partial charge in [-0.25, -0.2) is 4.39 Å². The zero-order valence-electron chi connectivity index (χ0n) is 11.1. The van der Waals surface area contributed by atoms with Crippen molar-refractivity contribution in [2.45, 2.75) is 26.2 Å². The van der Waals surface area contributed by atoms with Gasteiger partial charge in [-0.15, -0.1) is 0 Å². The average Bonchev–Trinajstić information content (AvgIpc) is 2.78. The highest BCUT2D eigenvalue weighted by Gasteiger charge is 2.24. The van der Waals surface area contributed by atoms with Gasteiger partial charge >= 0.3 is 0 Å². The van der Waals surface area contributed by atoms with Crippen molar-refractivity contribution in [1.29, 1.82) is 0 Å². The van der Waals surface area contributed by atoms with Crippen molar-refractivity contribution in [2.24, 2.45) is 5.92 Å². The molecule has 0 radical (unpaired) electrons. The highest BCUT2D eigenvalue weighted by molar-refractivity contribution is 5.63. The summed E-state index contributed by atoms with van der Waals surface area (Å²) < 4.78 is 19.1. The third-order valence-corrected chi connectivity index (χ3v) is 3.62. The summed E-state index contributed by atoms with van der Waals surface area (Å²) in [5.41, 5.74) is 6.65. The van der Waals surface area contributed by atoms with E-state index < -0.39 is 0 Å². The molecular formula is C14H21FN2O. The van der Waals surface area contributed by atoms with Crippen molar-refractivity contribution in [3.8, 4) is 5.75 Å². The van der Waals surface area contributed by atoms with Gasteiger partial charge in [0.25, 0.3) is 0 Å². The Morgan fingerprint density at radius 2 is 2.28 bits per heavy atom. The number of halogens is 1. The molecule has 1 atom stereocenters. The molecule has 0 bridgehead atoms. The number of nitrogens with two attached hydrogens (primary N) is 1. The first-order valence-corrected chi connectivity index (χ1v) is 6.53. The van der Waals surface area contributed by atoms with Crippen molar-refractivity contribution < 1.29 is 9.13 Å². The molecule has 1 saturated heterocycles. The van der Waals surface area contributed by atoms with Crippen LogP contribution >= 0.6 is 0 Å². The Balaban J connectivity index is 2.18. The lowest BCUT2D eigenvalue weighted by Gasteiger charge is -2.20. The predicted molar refractivity (Wildman–Crippen MR) is 72.6 cm³/mol. The Hall–Kier alpha value is -1.45. The Morgan fingerprint density at radius 3 is 2.94 bits per heavy atom. The van der Waals surface area contributed by atoms with E-state index in [-0.39, 0.29) is 5.82 Å². The van der Waals surface area contributed by atoms with Crippen molar-refractivity contribution in [2.75, 3.05) is 30.8 Å². The molecule has 1 aliphatic rings. The van der Waals surface area contributed by atoms with Crippen molar-refractivity contribution in [3.05, 3.63) is 17.9 Å². The van der Waals surface area contributed by atoms with Crippen LogP contribution in [0.15, 0.2) is 12.1 Å². The van der Waals surface area contributed by atoms with Crippen LogP contribution in [0.4, 0.5) is 15.8 Å². The molecule has 1 aromatic rings. The topological polar surface area (TPSA) is 38.5 Å². The fourth-order valence-electron chi connectivity index (χ4n) is 2.67. The first kappa shape index (κ1) is 13.0. The lowest BCUT2D eigenvalue weighted by Crippen LogP contribution is -2.21. The second-order valence-corrected chi connectivity index (χ2v) is 4.93. The van der Waals surface area contributed by atoms with E-state index in [2.05, 4.69) is 11.8 Å². The predicted octanol–water partition coefficient (Wildman–Crippen LogP) is 3.04. The highest BCUT2D eigenvalue weighted by Crippen LogP contribution is 2.34. The molecule has 0 aromatic heterocycles.